The summed E-state index contributed by atoms with van der Waals surface area (Å²) in [6.45, 7) is 0. The maximum atomic E-state index is 13.3. The third kappa shape index (κ3) is 2.64. The third-order valence-corrected chi connectivity index (χ3v) is 2.78. The summed E-state index contributed by atoms with van der Waals surface area (Å²) >= 11 is 0. The van der Waals surface area contributed by atoms with Gasteiger partial charge in [0.25, 0.3) is 5.91 Å². The molecule has 0 unspecified atom stereocenters. The average molecular weight is 275 g/mol. The van der Waals surface area contributed by atoms with Crippen molar-refractivity contribution in [3.05, 3.63) is 47.8 Å². The van der Waals surface area contributed by atoms with E-state index in [0.29, 0.717) is 17.1 Å². The number of hydrogen-bond acceptors (Lipinski definition) is 4. The average Bonchev–Trinajstić information content (AvgIpc) is 2.42. The summed E-state index contributed by atoms with van der Waals surface area (Å²) in [5, 5.41) is 2.95. The highest BCUT2D eigenvalue weighted by Crippen LogP contribution is 2.29. The monoisotopic (exact) mass is 275 g/mol. The lowest BCUT2D eigenvalue weighted by Gasteiger charge is -2.13. The highest BCUT2D eigenvalue weighted by molar-refractivity contribution is 6.02. The van der Waals surface area contributed by atoms with E-state index in [0.717, 1.165) is 0 Å². The van der Waals surface area contributed by atoms with Gasteiger partial charge >= 0.3 is 0 Å². The van der Waals surface area contributed by atoms with Gasteiger partial charge in [-0.3, -0.25) is 4.79 Å². The smallest absolute Gasteiger partial charge is 0.250 e. The molecule has 0 saturated heterocycles. The number of ether oxygens (including phenoxy) is 1. The maximum absolute atomic E-state index is 13.3. The summed E-state index contributed by atoms with van der Waals surface area (Å²) in [5.74, 6) is -0.992. The zero-order valence-corrected chi connectivity index (χ0v) is 10.8. The zero-order chi connectivity index (χ0) is 14.7. The molecule has 6 heteroatoms. The largest absolute Gasteiger partial charge is 0.494 e. The van der Waals surface area contributed by atoms with Crippen LogP contribution in [-0.2, 0) is 0 Å². The van der Waals surface area contributed by atoms with Crippen LogP contribution in [0.5, 0.6) is 5.75 Å². The summed E-state index contributed by atoms with van der Waals surface area (Å²) in [6.07, 6.45) is 0. The van der Waals surface area contributed by atoms with E-state index in [2.05, 4.69) is 5.32 Å². The molecule has 104 valence electrons. The molecule has 0 heterocycles. The predicted molar refractivity (Wildman–Crippen MR) is 75.6 cm³/mol. The van der Waals surface area contributed by atoms with Gasteiger partial charge in [0.2, 0.25) is 0 Å². The molecular weight excluding hydrogens is 261 g/mol. The van der Waals surface area contributed by atoms with Gasteiger partial charge in [0, 0.05) is 11.8 Å². The van der Waals surface area contributed by atoms with E-state index in [9.17, 15) is 9.18 Å². The fraction of sp³-hybridized carbons (Fsp3) is 0.0714. The van der Waals surface area contributed by atoms with Crippen molar-refractivity contribution in [2.24, 2.45) is 5.73 Å². The molecule has 0 spiro atoms. The van der Waals surface area contributed by atoms with Crippen LogP contribution in [0.25, 0.3) is 0 Å². The molecule has 5 nitrogen and oxygen atoms in total. The van der Waals surface area contributed by atoms with Gasteiger partial charge in [-0.25, -0.2) is 4.39 Å². The molecule has 0 aliphatic rings. The van der Waals surface area contributed by atoms with E-state index < -0.39 is 11.7 Å². The Balaban J connectivity index is 2.42. The number of nitrogens with one attached hydrogen (secondary N) is 1. The van der Waals surface area contributed by atoms with Gasteiger partial charge in [-0.05, 0) is 24.3 Å². The lowest BCUT2D eigenvalue weighted by atomic mass is 10.1. The molecule has 20 heavy (non-hydrogen) atoms. The molecule has 0 radical (unpaired) electrons. The number of para-hydroxylation sites is 1. The molecule has 2 aromatic rings. The fourth-order valence-corrected chi connectivity index (χ4v) is 1.80. The lowest BCUT2D eigenvalue weighted by molar-refractivity contribution is 0.100. The second kappa shape index (κ2) is 5.48. The topological polar surface area (TPSA) is 90.4 Å². The standard InChI is InChI=1S/C14H14FN3O2/c1-20-12-7-8(5-6-10(12)15)18-13-9(14(17)19)3-2-4-11(13)16/h2-7,18H,16H2,1H3,(H2,17,19). The molecule has 0 aliphatic heterocycles. The SMILES string of the molecule is COc1cc(Nc2c(N)cccc2C(N)=O)ccc1F. The van der Waals surface area contributed by atoms with Crippen molar-refractivity contribution in [3.8, 4) is 5.75 Å². The quantitative estimate of drug-likeness (QED) is 0.746. The van der Waals surface area contributed by atoms with Crippen LogP contribution >= 0.6 is 0 Å². The van der Waals surface area contributed by atoms with E-state index in [-0.39, 0.29) is 11.3 Å². The number of hydrogen-bond donors (Lipinski definition) is 3. The Morgan fingerprint density at radius 1 is 1.30 bits per heavy atom. The number of nitrogens with two attached hydrogens (primary N) is 2. The Morgan fingerprint density at radius 3 is 2.70 bits per heavy atom. The number of primary amides is 1. The first kappa shape index (κ1) is 13.7. The van der Waals surface area contributed by atoms with Crippen molar-refractivity contribution < 1.29 is 13.9 Å². The summed E-state index contributed by atoms with van der Waals surface area (Å²) in [5.41, 5.74) is 12.7. The van der Waals surface area contributed by atoms with E-state index in [1.165, 1.54) is 25.3 Å². The van der Waals surface area contributed by atoms with Crippen LogP contribution in [0.1, 0.15) is 10.4 Å². The van der Waals surface area contributed by atoms with Gasteiger partial charge in [-0.1, -0.05) is 6.07 Å². The molecule has 0 saturated carbocycles. The van der Waals surface area contributed by atoms with Crippen LogP contribution in [-0.4, -0.2) is 13.0 Å². The minimum Gasteiger partial charge on any atom is -0.494 e. The minimum atomic E-state index is -0.603. The molecule has 5 N–H and O–H groups in total. The summed E-state index contributed by atoms with van der Waals surface area (Å²) in [4.78, 5) is 11.4. The second-order valence-electron chi connectivity index (χ2n) is 4.11. The molecule has 0 fully saturated rings. The highest BCUT2D eigenvalue weighted by Gasteiger charge is 2.12. The summed E-state index contributed by atoms with van der Waals surface area (Å²) in [6, 6.07) is 9.05. The van der Waals surface area contributed by atoms with Crippen molar-refractivity contribution in [1.29, 1.82) is 0 Å². The fourth-order valence-electron chi connectivity index (χ4n) is 1.80. The highest BCUT2D eigenvalue weighted by atomic mass is 19.1. The van der Waals surface area contributed by atoms with Crippen LogP contribution < -0.4 is 21.5 Å². The van der Waals surface area contributed by atoms with Crippen LogP contribution in [0.2, 0.25) is 0 Å². The van der Waals surface area contributed by atoms with Gasteiger partial charge in [-0.2, -0.15) is 0 Å². The first-order chi connectivity index (χ1) is 9.52. The van der Waals surface area contributed by atoms with Crippen LogP contribution in [0.15, 0.2) is 36.4 Å². The Bertz CT molecular complexity index is 659. The number of rotatable bonds is 4. The molecule has 0 aromatic heterocycles. The number of benzene rings is 2. The Labute approximate surface area is 115 Å². The van der Waals surface area contributed by atoms with E-state index >= 15 is 0 Å². The first-order valence-corrected chi connectivity index (χ1v) is 5.81. The van der Waals surface area contributed by atoms with Crippen molar-refractivity contribution in [3.63, 3.8) is 0 Å². The van der Waals surface area contributed by atoms with E-state index in [1.807, 2.05) is 0 Å². The predicted octanol–water partition coefficient (Wildman–Crippen LogP) is 2.26. The number of amides is 1. The summed E-state index contributed by atoms with van der Waals surface area (Å²) in [7, 11) is 1.37. The van der Waals surface area contributed by atoms with Gasteiger partial charge in [0.15, 0.2) is 11.6 Å². The van der Waals surface area contributed by atoms with Crippen LogP contribution in [0.3, 0.4) is 0 Å². The zero-order valence-electron chi connectivity index (χ0n) is 10.8. The molecule has 0 aliphatic carbocycles. The molecule has 0 atom stereocenters. The lowest BCUT2D eigenvalue weighted by Crippen LogP contribution is -2.14. The third-order valence-electron chi connectivity index (χ3n) is 2.78. The number of methoxy groups -OCH3 is 1. The number of carbonyl (C=O) groups is 1. The molecule has 2 rings (SSSR count). The Kier molecular flexibility index (Phi) is 3.74. The van der Waals surface area contributed by atoms with E-state index in [1.54, 1.807) is 18.2 Å². The van der Waals surface area contributed by atoms with Gasteiger partial charge in [0.05, 0.1) is 24.0 Å². The normalized spacial score (nSPS) is 10.1. The molecule has 2 aromatic carbocycles. The van der Waals surface area contributed by atoms with Crippen molar-refractivity contribution in [2.75, 3.05) is 18.2 Å². The van der Waals surface area contributed by atoms with Crippen LogP contribution in [0.4, 0.5) is 21.5 Å². The number of halogens is 1. The van der Waals surface area contributed by atoms with Crippen molar-refractivity contribution in [2.45, 2.75) is 0 Å². The number of anilines is 3. The van der Waals surface area contributed by atoms with Crippen molar-refractivity contribution in [1.82, 2.24) is 0 Å². The van der Waals surface area contributed by atoms with E-state index in [4.69, 9.17) is 16.2 Å². The molecule has 1 amide bonds. The number of nitrogen functional groups attached to an aromatic ring is 1. The van der Waals surface area contributed by atoms with Gasteiger partial charge in [0.1, 0.15) is 0 Å². The second-order valence-corrected chi connectivity index (χ2v) is 4.11. The first-order valence-electron chi connectivity index (χ1n) is 5.81. The van der Waals surface area contributed by atoms with Gasteiger partial charge in [-0.15, -0.1) is 0 Å². The molecular formula is C14H14FN3O2. The Hall–Kier alpha value is -2.76. The number of carbonyl (C=O) groups excluding carboxylic acids is 1. The summed E-state index contributed by atoms with van der Waals surface area (Å²) < 4.78 is 18.2. The minimum absolute atomic E-state index is 0.0881. The Morgan fingerprint density at radius 2 is 2.05 bits per heavy atom. The van der Waals surface area contributed by atoms with Crippen molar-refractivity contribution >= 4 is 23.0 Å². The van der Waals surface area contributed by atoms with Gasteiger partial charge < -0.3 is 21.5 Å². The molecule has 0 bridgehead atoms. The maximum Gasteiger partial charge on any atom is 0.250 e. The van der Waals surface area contributed by atoms with Crippen LogP contribution in [0, 0.1) is 5.82 Å².